The first-order chi connectivity index (χ1) is 24.8. The van der Waals surface area contributed by atoms with Crippen LogP contribution in [0.4, 0.5) is 11.9 Å². The van der Waals surface area contributed by atoms with Crippen LogP contribution in [0.5, 0.6) is 0 Å². The zero-order valence-electron chi connectivity index (χ0n) is 37.1. The number of carbonyl (C=O) groups is 2. The van der Waals surface area contributed by atoms with Crippen molar-refractivity contribution in [2.75, 3.05) is 49.1 Å². The molecule has 2 amide bonds. The molecule has 1 aromatic rings. The number of piperidine rings is 2. The molecule has 13 nitrogen and oxygen atoms in total. The summed E-state index contributed by atoms with van der Waals surface area (Å²) in [5.41, 5.74) is -2.41. The second-order valence-electron chi connectivity index (χ2n) is 22.2. The molecule has 312 valence electrons. The standard InChI is InChI=1S/C41H74ClN11O2/c1-34(2)21-27(22-35(3,4)46-34)52(19-17-50-25-38(9,10)48-40(13,14)29(50)54)32-43-31(42)44-33(45-32)53(28-23-36(5,6)47-37(7,8)24-28)20-18-51-26-39(11,12)49-41(15,16)30(51)55/h27-28,46-49H,17-26H2,1-16H3. The van der Waals surface area contributed by atoms with Crippen molar-refractivity contribution in [1.29, 1.82) is 0 Å². The molecule has 0 unspecified atom stereocenters. The molecule has 0 aliphatic carbocycles. The summed E-state index contributed by atoms with van der Waals surface area (Å²) in [6.07, 6.45) is 3.44. The Hall–Kier alpha value is -2.32. The molecule has 4 aliphatic heterocycles. The monoisotopic (exact) mass is 788 g/mol. The maximum Gasteiger partial charge on any atom is 0.242 e. The molecular weight excluding hydrogens is 714 g/mol. The van der Waals surface area contributed by atoms with Crippen LogP contribution in [0.1, 0.15) is 136 Å². The van der Waals surface area contributed by atoms with Gasteiger partial charge < -0.3 is 30.2 Å². The lowest BCUT2D eigenvalue weighted by molar-refractivity contribution is -0.143. The van der Waals surface area contributed by atoms with Gasteiger partial charge in [0.15, 0.2) is 0 Å². The van der Waals surface area contributed by atoms with E-state index in [0.717, 1.165) is 25.7 Å². The van der Waals surface area contributed by atoms with Gasteiger partial charge in [-0.1, -0.05) is 0 Å². The van der Waals surface area contributed by atoms with E-state index in [9.17, 15) is 9.59 Å². The summed E-state index contributed by atoms with van der Waals surface area (Å²) in [6, 6.07) is 0.148. The van der Waals surface area contributed by atoms with Crippen LogP contribution in [0.2, 0.25) is 5.28 Å². The van der Waals surface area contributed by atoms with E-state index in [1.54, 1.807) is 0 Å². The number of amides is 2. The van der Waals surface area contributed by atoms with E-state index in [0.29, 0.717) is 51.2 Å². The molecule has 4 fully saturated rings. The van der Waals surface area contributed by atoms with Crippen molar-refractivity contribution >= 4 is 35.3 Å². The summed E-state index contributed by atoms with van der Waals surface area (Å²) in [5, 5.41) is 14.9. The van der Waals surface area contributed by atoms with E-state index in [1.807, 2.05) is 37.5 Å². The molecule has 1 aromatic heterocycles. The van der Waals surface area contributed by atoms with Crippen molar-refractivity contribution in [1.82, 2.24) is 46.0 Å². The minimum Gasteiger partial charge on any atom is -0.338 e. The van der Waals surface area contributed by atoms with Gasteiger partial charge in [0.1, 0.15) is 0 Å². The van der Waals surface area contributed by atoms with Crippen molar-refractivity contribution in [3.05, 3.63) is 5.28 Å². The van der Waals surface area contributed by atoms with E-state index in [4.69, 9.17) is 26.6 Å². The average Bonchev–Trinajstić information content (AvgIpc) is 2.93. The van der Waals surface area contributed by atoms with Crippen LogP contribution in [0, 0.1) is 0 Å². The Labute approximate surface area is 337 Å². The first kappa shape index (κ1) is 43.8. The number of piperazine rings is 2. The predicted molar refractivity (Wildman–Crippen MR) is 224 cm³/mol. The molecular formula is C41H74ClN11O2. The Bertz CT molecular complexity index is 1460. The molecule has 14 heteroatoms. The molecule has 5 rings (SSSR count). The minimum absolute atomic E-state index is 0.0738. The normalized spacial score (nSPS) is 26.9. The van der Waals surface area contributed by atoms with E-state index < -0.39 is 11.1 Å². The van der Waals surface area contributed by atoms with Crippen LogP contribution in [0.15, 0.2) is 0 Å². The Morgan fingerprint density at radius 3 is 1.15 bits per heavy atom. The third-order valence-corrected chi connectivity index (χ3v) is 11.8. The van der Waals surface area contributed by atoms with E-state index in [2.05, 4.69) is 114 Å². The Morgan fingerprint density at radius 1 is 0.527 bits per heavy atom. The molecule has 0 spiro atoms. The van der Waals surface area contributed by atoms with Gasteiger partial charge in [-0.3, -0.25) is 20.2 Å². The second-order valence-corrected chi connectivity index (χ2v) is 22.6. The predicted octanol–water partition coefficient (Wildman–Crippen LogP) is 4.73. The third-order valence-electron chi connectivity index (χ3n) is 11.7. The van der Waals surface area contributed by atoms with Crippen molar-refractivity contribution in [3.63, 3.8) is 0 Å². The maximum absolute atomic E-state index is 13.8. The number of hydrogen-bond acceptors (Lipinski definition) is 11. The lowest BCUT2D eigenvalue weighted by Gasteiger charge is -2.51. The van der Waals surface area contributed by atoms with Crippen LogP contribution in [0.3, 0.4) is 0 Å². The zero-order valence-corrected chi connectivity index (χ0v) is 37.8. The summed E-state index contributed by atoms with van der Waals surface area (Å²) < 4.78 is 0. The van der Waals surface area contributed by atoms with Gasteiger partial charge in [-0.05, 0) is 148 Å². The van der Waals surface area contributed by atoms with Gasteiger partial charge in [0.2, 0.25) is 29.0 Å². The van der Waals surface area contributed by atoms with Crippen LogP contribution in [-0.2, 0) is 9.59 Å². The van der Waals surface area contributed by atoms with Crippen LogP contribution >= 0.6 is 11.6 Å². The molecule has 4 N–H and O–H groups in total. The third kappa shape index (κ3) is 10.6. The first-order valence-corrected chi connectivity index (χ1v) is 20.9. The molecule has 4 saturated heterocycles. The van der Waals surface area contributed by atoms with Crippen molar-refractivity contribution in [3.8, 4) is 0 Å². The van der Waals surface area contributed by atoms with Gasteiger partial charge in [0, 0.05) is 84.6 Å². The van der Waals surface area contributed by atoms with E-state index in [-0.39, 0.29) is 62.4 Å². The second kappa shape index (κ2) is 14.5. The SMILES string of the molecule is CC1(C)CC(N(CCN2CC(C)(C)NC(C)(C)C2=O)c2nc(Cl)nc(N(CCN3CC(C)(C)NC(C)(C)C3=O)C3CC(C)(C)NC(C)(C)C3)n2)CC(C)(C)N1. The summed E-state index contributed by atoms with van der Waals surface area (Å²) in [7, 11) is 0. The fourth-order valence-electron chi connectivity index (χ4n) is 11.0. The molecule has 55 heavy (non-hydrogen) atoms. The number of nitrogens with one attached hydrogen (secondary N) is 4. The topological polar surface area (TPSA) is 134 Å². The molecule has 0 saturated carbocycles. The highest BCUT2D eigenvalue weighted by Crippen LogP contribution is 2.37. The molecule has 0 atom stereocenters. The van der Waals surface area contributed by atoms with Crippen molar-refractivity contribution in [2.45, 2.75) is 193 Å². The molecule has 0 bridgehead atoms. The largest absolute Gasteiger partial charge is 0.338 e. The molecule has 0 aromatic carbocycles. The van der Waals surface area contributed by atoms with Crippen molar-refractivity contribution < 1.29 is 9.59 Å². The Morgan fingerprint density at radius 2 is 0.836 bits per heavy atom. The van der Waals surface area contributed by atoms with Gasteiger partial charge in [-0.2, -0.15) is 15.0 Å². The fourth-order valence-corrected chi connectivity index (χ4v) is 11.2. The Balaban J connectivity index is 1.56. The van der Waals surface area contributed by atoms with Gasteiger partial charge in [0.05, 0.1) is 11.1 Å². The number of rotatable bonds is 10. The highest BCUT2D eigenvalue weighted by molar-refractivity contribution is 6.28. The van der Waals surface area contributed by atoms with Gasteiger partial charge in [-0.15, -0.1) is 0 Å². The molecule has 4 aliphatic rings. The number of anilines is 2. The minimum atomic E-state index is -0.678. The lowest BCUT2D eigenvalue weighted by Crippen LogP contribution is -2.70. The first-order valence-electron chi connectivity index (χ1n) is 20.5. The van der Waals surface area contributed by atoms with Crippen LogP contribution < -0.4 is 31.1 Å². The number of nitrogens with zero attached hydrogens (tertiary/aromatic N) is 7. The van der Waals surface area contributed by atoms with Crippen LogP contribution in [0.25, 0.3) is 0 Å². The summed E-state index contributed by atoms with van der Waals surface area (Å²) in [5.74, 6) is 1.21. The van der Waals surface area contributed by atoms with Gasteiger partial charge in [-0.25, -0.2) is 0 Å². The van der Waals surface area contributed by atoms with E-state index >= 15 is 0 Å². The number of aromatic nitrogens is 3. The zero-order chi connectivity index (χ0) is 41.4. The highest BCUT2D eigenvalue weighted by atomic mass is 35.5. The quantitative estimate of drug-likeness (QED) is 0.262. The van der Waals surface area contributed by atoms with Crippen molar-refractivity contribution in [2.24, 2.45) is 0 Å². The van der Waals surface area contributed by atoms with Gasteiger partial charge >= 0.3 is 0 Å². The summed E-state index contributed by atoms with van der Waals surface area (Å²) in [4.78, 5) is 51.1. The van der Waals surface area contributed by atoms with Gasteiger partial charge in [0.25, 0.3) is 0 Å². The fraction of sp³-hybridized carbons (Fsp3) is 0.878. The number of hydrogen-bond donors (Lipinski definition) is 4. The maximum atomic E-state index is 13.8. The smallest absolute Gasteiger partial charge is 0.242 e. The number of carbonyl (C=O) groups excluding carboxylic acids is 2. The lowest BCUT2D eigenvalue weighted by atomic mass is 9.79. The van der Waals surface area contributed by atoms with E-state index in [1.165, 1.54) is 0 Å². The average molecular weight is 789 g/mol. The molecule has 0 radical (unpaired) electrons. The van der Waals surface area contributed by atoms with Crippen LogP contribution in [-0.4, -0.2) is 132 Å². The summed E-state index contributed by atoms with van der Waals surface area (Å²) >= 11 is 6.95. The summed E-state index contributed by atoms with van der Waals surface area (Å²) in [6.45, 7) is 37.8. The number of halogens is 1. The highest BCUT2D eigenvalue weighted by Gasteiger charge is 2.47. The Kier molecular flexibility index (Phi) is 11.5. The molecule has 5 heterocycles.